The lowest BCUT2D eigenvalue weighted by molar-refractivity contribution is -0.137. The van der Waals surface area contributed by atoms with Crippen LogP contribution in [0, 0.1) is 0 Å². The van der Waals surface area contributed by atoms with Crippen molar-refractivity contribution in [3.8, 4) is 0 Å². The van der Waals surface area contributed by atoms with Gasteiger partial charge >= 0.3 is 0 Å². The molecule has 1 aromatic rings. The second-order valence-electron chi connectivity index (χ2n) is 11.0. The Balaban J connectivity index is 0.000000542. The van der Waals surface area contributed by atoms with Crippen molar-refractivity contribution < 1.29 is 19.2 Å². The van der Waals surface area contributed by atoms with Crippen LogP contribution in [0.3, 0.4) is 0 Å². The molecule has 0 atom stereocenters. The van der Waals surface area contributed by atoms with E-state index in [1.807, 2.05) is 69.2 Å². The number of thioether (sulfide) groups is 1. The van der Waals surface area contributed by atoms with Crippen molar-refractivity contribution in [3.05, 3.63) is 42.5 Å². The van der Waals surface area contributed by atoms with Crippen LogP contribution in [0.5, 0.6) is 0 Å². The Kier molecular flexibility index (Phi) is 14.8. The molecular formula is C27H42N2O4S3. The first-order chi connectivity index (χ1) is 16.3. The highest BCUT2D eigenvalue weighted by Crippen LogP contribution is 2.39. The van der Waals surface area contributed by atoms with Gasteiger partial charge in [-0.1, -0.05) is 93.1 Å². The van der Waals surface area contributed by atoms with E-state index in [4.69, 9.17) is 0 Å². The van der Waals surface area contributed by atoms with Gasteiger partial charge in [0.25, 0.3) is 11.8 Å². The van der Waals surface area contributed by atoms with Crippen molar-refractivity contribution in [1.82, 2.24) is 10.2 Å². The van der Waals surface area contributed by atoms with Gasteiger partial charge in [-0.05, 0) is 32.9 Å². The van der Waals surface area contributed by atoms with Crippen LogP contribution < -0.4 is 5.32 Å². The Morgan fingerprint density at radius 3 is 1.69 bits per heavy atom. The summed E-state index contributed by atoms with van der Waals surface area (Å²) in [6.07, 6.45) is 2.56. The second-order valence-corrected chi connectivity index (χ2v) is 16.0. The van der Waals surface area contributed by atoms with Crippen molar-refractivity contribution in [1.29, 1.82) is 0 Å². The SMILES string of the molecule is CC(=O)SC(C)(C)C.CC(C)(C)NC(=O)CCN1C(=O)C=CC1=O.CC(C)(C)SSc1ccccc1. The van der Waals surface area contributed by atoms with Crippen molar-refractivity contribution in [2.75, 3.05) is 6.54 Å². The monoisotopic (exact) mass is 554 g/mol. The smallest absolute Gasteiger partial charge is 0.253 e. The highest BCUT2D eigenvalue weighted by atomic mass is 33.1. The molecule has 9 heteroatoms. The number of amides is 3. The molecule has 202 valence electrons. The molecule has 0 saturated heterocycles. The highest BCUT2D eigenvalue weighted by molar-refractivity contribution is 8.77. The zero-order chi connectivity index (χ0) is 28.2. The van der Waals surface area contributed by atoms with E-state index in [2.05, 4.69) is 50.4 Å². The number of benzene rings is 1. The molecular weight excluding hydrogens is 513 g/mol. The van der Waals surface area contributed by atoms with E-state index in [0.717, 1.165) is 4.90 Å². The molecule has 1 aliphatic heterocycles. The molecule has 3 amide bonds. The Labute approximate surface area is 229 Å². The Morgan fingerprint density at radius 1 is 0.833 bits per heavy atom. The lowest BCUT2D eigenvalue weighted by Crippen LogP contribution is -2.42. The molecule has 0 unspecified atom stereocenters. The van der Waals surface area contributed by atoms with Gasteiger partial charge in [0.05, 0.1) is 0 Å². The van der Waals surface area contributed by atoms with Gasteiger partial charge < -0.3 is 5.32 Å². The van der Waals surface area contributed by atoms with Gasteiger partial charge in [0.2, 0.25) is 5.91 Å². The fraction of sp³-hybridized carbons (Fsp3) is 0.556. The Morgan fingerprint density at radius 2 is 1.33 bits per heavy atom. The predicted molar refractivity (Wildman–Crippen MR) is 156 cm³/mol. The van der Waals surface area contributed by atoms with Crippen LogP contribution >= 0.6 is 33.3 Å². The summed E-state index contributed by atoms with van der Waals surface area (Å²) in [5.41, 5.74) is -0.297. The Bertz CT molecular complexity index is 878. The van der Waals surface area contributed by atoms with E-state index in [0.29, 0.717) is 4.75 Å². The molecule has 0 saturated carbocycles. The number of rotatable bonds is 5. The third-order valence-corrected chi connectivity index (χ3v) is 7.83. The molecule has 0 fully saturated rings. The number of nitrogens with zero attached hydrogens (tertiary/aromatic N) is 1. The van der Waals surface area contributed by atoms with E-state index < -0.39 is 0 Å². The molecule has 2 rings (SSSR count). The molecule has 0 bridgehead atoms. The van der Waals surface area contributed by atoms with Gasteiger partial charge in [0.15, 0.2) is 5.12 Å². The first-order valence-electron chi connectivity index (χ1n) is 11.7. The van der Waals surface area contributed by atoms with Crippen LogP contribution in [0.4, 0.5) is 0 Å². The zero-order valence-corrected chi connectivity index (χ0v) is 25.7. The van der Waals surface area contributed by atoms with Gasteiger partial charge in [-0.3, -0.25) is 24.1 Å². The fourth-order valence-electron chi connectivity index (χ4n) is 2.43. The van der Waals surface area contributed by atoms with E-state index in [-0.39, 0.29) is 46.1 Å². The summed E-state index contributed by atoms with van der Waals surface area (Å²) in [6.45, 7) is 20.1. The predicted octanol–water partition coefficient (Wildman–Crippen LogP) is 6.51. The second kappa shape index (κ2) is 15.5. The molecule has 1 heterocycles. The average molecular weight is 555 g/mol. The number of hydrogen-bond acceptors (Lipinski definition) is 7. The zero-order valence-electron chi connectivity index (χ0n) is 23.3. The van der Waals surface area contributed by atoms with Crippen LogP contribution in [0.1, 0.15) is 75.7 Å². The fourth-order valence-corrected chi connectivity index (χ4v) is 5.27. The first-order valence-corrected chi connectivity index (χ1v) is 14.7. The molecule has 0 spiro atoms. The molecule has 36 heavy (non-hydrogen) atoms. The number of carbonyl (C=O) groups excluding carboxylic acids is 4. The molecule has 1 N–H and O–H groups in total. The molecule has 0 aromatic heterocycles. The van der Waals surface area contributed by atoms with E-state index in [1.54, 1.807) is 6.92 Å². The number of hydrogen-bond donors (Lipinski definition) is 1. The summed E-state index contributed by atoms with van der Waals surface area (Å²) in [5.74, 6) is -0.873. The summed E-state index contributed by atoms with van der Waals surface area (Å²) in [7, 11) is 3.75. The maximum absolute atomic E-state index is 11.4. The van der Waals surface area contributed by atoms with E-state index in [9.17, 15) is 19.2 Å². The standard InChI is InChI=1S/C11H16N2O3.C10H14S2.C6H12OS/c1-11(2,3)12-8(14)6-7-13-9(15)4-5-10(13)16;1-10(2,3)12-11-9-7-5-4-6-8-9;1-5(7)8-6(2,3)4/h4-5H,6-7H2,1-3H3,(H,12,14);4-8H,1-3H3;1-4H3. The minimum atomic E-state index is -0.353. The maximum Gasteiger partial charge on any atom is 0.253 e. The molecule has 1 aromatic carbocycles. The van der Waals surface area contributed by atoms with Gasteiger partial charge in [-0.25, -0.2) is 0 Å². The van der Waals surface area contributed by atoms with Gasteiger partial charge in [-0.15, -0.1) is 0 Å². The van der Waals surface area contributed by atoms with E-state index in [1.165, 1.54) is 28.8 Å². The number of nitrogens with one attached hydrogen (secondary N) is 1. The quantitative estimate of drug-likeness (QED) is 0.328. The van der Waals surface area contributed by atoms with Gasteiger partial charge in [0.1, 0.15) is 0 Å². The van der Waals surface area contributed by atoms with Crippen LogP contribution in [0.15, 0.2) is 47.4 Å². The van der Waals surface area contributed by atoms with Crippen LogP contribution in [-0.4, -0.2) is 49.3 Å². The summed E-state index contributed by atoms with van der Waals surface area (Å²) in [5, 5.41) is 2.96. The topological polar surface area (TPSA) is 83.6 Å². The lowest BCUT2D eigenvalue weighted by atomic mass is 10.1. The Hall–Kier alpha value is -1.71. The summed E-state index contributed by atoms with van der Waals surface area (Å²) < 4.78 is 0.423. The molecule has 0 aliphatic carbocycles. The van der Waals surface area contributed by atoms with Gasteiger partial charge in [-0.2, -0.15) is 0 Å². The summed E-state index contributed by atoms with van der Waals surface area (Å²) in [4.78, 5) is 46.6. The molecule has 6 nitrogen and oxygen atoms in total. The number of imide groups is 1. The first kappa shape index (κ1) is 34.3. The van der Waals surface area contributed by atoms with Crippen LogP contribution in [-0.2, 0) is 19.2 Å². The van der Waals surface area contributed by atoms with Crippen molar-refractivity contribution in [3.63, 3.8) is 0 Å². The molecule has 0 radical (unpaired) electrons. The van der Waals surface area contributed by atoms with Crippen molar-refractivity contribution in [2.24, 2.45) is 0 Å². The average Bonchev–Trinajstić information content (AvgIpc) is 3.00. The van der Waals surface area contributed by atoms with Crippen molar-refractivity contribution in [2.45, 2.75) is 95.6 Å². The minimum absolute atomic E-state index is 0.0891. The third kappa shape index (κ3) is 19.5. The largest absolute Gasteiger partial charge is 0.351 e. The van der Waals surface area contributed by atoms with Crippen LogP contribution in [0.25, 0.3) is 0 Å². The summed E-state index contributed by atoms with van der Waals surface area (Å²) in [6, 6.07) is 10.5. The third-order valence-electron chi connectivity index (χ3n) is 3.56. The normalized spacial score (nSPS) is 13.4. The molecule has 1 aliphatic rings. The summed E-state index contributed by atoms with van der Waals surface area (Å²) >= 11 is 1.37. The van der Waals surface area contributed by atoms with Gasteiger partial charge in [0, 0.05) is 52.0 Å². The maximum atomic E-state index is 11.4. The van der Waals surface area contributed by atoms with Crippen LogP contribution in [0.2, 0.25) is 0 Å². The number of carbonyl (C=O) groups is 4. The minimum Gasteiger partial charge on any atom is -0.351 e. The highest BCUT2D eigenvalue weighted by Gasteiger charge is 2.24. The van der Waals surface area contributed by atoms with E-state index >= 15 is 0 Å². The van der Waals surface area contributed by atoms with Crippen molar-refractivity contribution >= 4 is 56.2 Å². The lowest BCUT2D eigenvalue weighted by Gasteiger charge is -2.21.